The summed E-state index contributed by atoms with van der Waals surface area (Å²) in [6.45, 7) is 6.67. The first-order chi connectivity index (χ1) is 15.2. The van der Waals surface area contributed by atoms with Crippen molar-refractivity contribution in [3.05, 3.63) is 50.7 Å². The molecular formula is C24H29ClO6S. The smallest absolute Gasteiger partial charge is 0.303 e. The maximum Gasteiger partial charge on any atom is 0.303 e. The molecule has 32 heavy (non-hydrogen) atoms. The maximum atomic E-state index is 11.9. The zero-order valence-electron chi connectivity index (χ0n) is 18.9. The molecule has 0 unspecified atom stereocenters. The van der Waals surface area contributed by atoms with Crippen molar-refractivity contribution in [3.63, 3.8) is 0 Å². The molecule has 2 aromatic rings. The third-order valence-electron chi connectivity index (χ3n) is 5.67. The molecule has 1 aromatic carbocycles. The van der Waals surface area contributed by atoms with Gasteiger partial charge in [-0.25, -0.2) is 0 Å². The second-order valence-electron chi connectivity index (χ2n) is 7.98. The quantitative estimate of drug-likeness (QED) is 0.497. The molecule has 0 radical (unpaired) electrons. The largest absolute Gasteiger partial charge is 0.497 e. The van der Waals surface area contributed by atoms with Gasteiger partial charge in [-0.3, -0.25) is 9.59 Å². The van der Waals surface area contributed by atoms with Gasteiger partial charge in [0.05, 0.1) is 17.6 Å². The summed E-state index contributed by atoms with van der Waals surface area (Å²) in [4.78, 5) is 24.5. The van der Waals surface area contributed by atoms with Crippen LogP contribution in [-0.4, -0.2) is 37.4 Å². The Kier molecular flexibility index (Phi) is 8.20. The molecule has 1 fully saturated rings. The topological polar surface area (TPSA) is 71.1 Å². The van der Waals surface area contributed by atoms with E-state index in [0.717, 1.165) is 28.2 Å². The summed E-state index contributed by atoms with van der Waals surface area (Å²) in [5.74, 6) is -0.205. The van der Waals surface area contributed by atoms with Gasteiger partial charge in [0.2, 0.25) is 0 Å². The number of methoxy groups -OCH3 is 1. The normalized spacial score (nSPS) is 25.2. The van der Waals surface area contributed by atoms with E-state index in [1.165, 1.54) is 25.2 Å². The van der Waals surface area contributed by atoms with Crippen LogP contribution >= 0.6 is 22.9 Å². The SMILES string of the molecule is CC[C@H]1O[C@@H](c2cc(Cc3ccc(OC)cc3)c(Cl)s2)[C@H](OC(C)=O)[C@@H](OC(C)=O)[C@@H]1C. The van der Waals surface area contributed by atoms with Crippen LogP contribution in [0.25, 0.3) is 0 Å². The predicted molar refractivity (Wildman–Crippen MR) is 123 cm³/mol. The van der Waals surface area contributed by atoms with Crippen LogP contribution in [0.3, 0.4) is 0 Å². The van der Waals surface area contributed by atoms with Crippen LogP contribution in [-0.2, 0) is 30.2 Å². The molecule has 6 nitrogen and oxygen atoms in total. The van der Waals surface area contributed by atoms with Crippen molar-refractivity contribution in [2.24, 2.45) is 5.92 Å². The highest BCUT2D eigenvalue weighted by Crippen LogP contribution is 2.44. The monoisotopic (exact) mass is 480 g/mol. The summed E-state index contributed by atoms with van der Waals surface area (Å²) >= 11 is 7.99. The molecule has 0 bridgehead atoms. The van der Waals surface area contributed by atoms with Crippen LogP contribution in [0.5, 0.6) is 5.75 Å². The summed E-state index contributed by atoms with van der Waals surface area (Å²) in [6, 6.07) is 9.81. The van der Waals surface area contributed by atoms with Crippen molar-refractivity contribution >= 4 is 34.9 Å². The number of hydrogen-bond acceptors (Lipinski definition) is 7. The standard InChI is InChI=1S/C24H29ClO6S/c1-6-19-13(2)21(29-14(3)26)23(30-15(4)27)22(31-19)20-12-17(24(25)32-20)11-16-7-9-18(28-5)10-8-16/h7-10,12-13,19,21-23H,6,11H2,1-5H3/t13-,19-,21+,22+,23-/m1/s1. The average Bonchev–Trinajstić information content (AvgIpc) is 3.11. The third kappa shape index (κ3) is 5.63. The lowest BCUT2D eigenvalue weighted by molar-refractivity contribution is -0.225. The lowest BCUT2D eigenvalue weighted by atomic mass is 9.86. The molecule has 1 saturated heterocycles. The van der Waals surface area contributed by atoms with Crippen molar-refractivity contribution in [1.82, 2.24) is 0 Å². The van der Waals surface area contributed by atoms with Crippen molar-refractivity contribution < 1.29 is 28.5 Å². The van der Waals surface area contributed by atoms with Crippen LogP contribution in [0, 0.1) is 5.92 Å². The minimum absolute atomic E-state index is 0.126. The van der Waals surface area contributed by atoms with Crippen molar-refractivity contribution in [3.8, 4) is 5.75 Å². The van der Waals surface area contributed by atoms with Crippen LogP contribution in [0.1, 0.15) is 56.2 Å². The maximum absolute atomic E-state index is 11.9. The second kappa shape index (κ2) is 10.7. The van der Waals surface area contributed by atoms with E-state index in [1.807, 2.05) is 44.2 Å². The first-order valence-corrected chi connectivity index (χ1v) is 11.8. The zero-order chi connectivity index (χ0) is 23.4. The van der Waals surface area contributed by atoms with Gasteiger partial charge in [-0.15, -0.1) is 11.3 Å². The highest BCUT2D eigenvalue weighted by atomic mass is 35.5. The highest BCUT2D eigenvalue weighted by molar-refractivity contribution is 7.16. The number of rotatable bonds is 7. The molecule has 1 aliphatic rings. The molecule has 0 amide bonds. The van der Waals surface area contributed by atoms with Crippen LogP contribution in [0.15, 0.2) is 30.3 Å². The Morgan fingerprint density at radius 2 is 1.72 bits per heavy atom. The number of hydrogen-bond donors (Lipinski definition) is 0. The first kappa shape index (κ1) is 24.6. The molecule has 1 aromatic heterocycles. The van der Waals surface area contributed by atoms with Crippen molar-refractivity contribution in [2.75, 3.05) is 7.11 Å². The second-order valence-corrected chi connectivity index (χ2v) is 9.67. The van der Waals surface area contributed by atoms with Crippen LogP contribution < -0.4 is 4.74 Å². The van der Waals surface area contributed by atoms with Gasteiger partial charge in [-0.05, 0) is 42.2 Å². The van der Waals surface area contributed by atoms with Gasteiger partial charge in [0.15, 0.2) is 6.10 Å². The Labute approximate surface area is 197 Å². The van der Waals surface area contributed by atoms with E-state index in [-0.39, 0.29) is 12.0 Å². The van der Waals surface area contributed by atoms with Gasteiger partial charge in [0.1, 0.15) is 18.0 Å². The summed E-state index contributed by atoms with van der Waals surface area (Å²) < 4.78 is 23.5. The number of carbonyl (C=O) groups is 2. The minimum Gasteiger partial charge on any atom is -0.497 e. The molecule has 0 N–H and O–H groups in total. The lowest BCUT2D eigenvalue weighted by Crippen LogP contribution is -2.52. The molecule has 174 valence electrons. The van der Waals surface area contributed by atoms with E-state index in [9.17, 15) is 9.59 Å². The Balaban J connectivity index is 1.92. The molecule has 0 aliphatic carbocycles. The number of esters is 2. The van der Waals surface area contributed by atoms with E-state index in [0.29, 0.717) is 10.8 Å². The van der Waals surface area contributed by atoms with Gasteiger partial charge in [0.25, 0.3) is 0 Å². The van der Waals surface area contributed by atoms with E-state index in [2.05, 4.69) is 0 Å². The van der Waals surface area contributed by atoms with Crippen LogP contribution in [0.4, 0.5) is 0 Å². The van der Waals surface area contributed by atoms with Gasteiger partial charge in [0, 0.05) is 24.6 Å². The predicted octanol–water partition coefficient (Wildman–Crippen LogP) is 5.35. The Bertz CT molecular complexity index is 940. The highest BCUT2D eigenvalue weighted by Gasteiger charge is 2.48. The van der Waals surface area contributed by atoms with Crippen molar-refractivity contribution in [2.45, 2.75) is 65.0 Å². The number of halogens is 1. The molecule has 0 saturated carbocycles. The Morgan fingerprint density at radius 3 is 2.28 bits per heavy atom. The molecule has 8 heteroatoms. The molecule has 5 atom stereocenters. The summed E-state index contributed by atoms with van der Waals surface area (Å²) in [6.07, 6.45) is -0.701. The van der Waals surface area contributed by atoms with Gasteiger partial charge in [-0.1, -0.05) is 37.6 Å². The molecule has 2 heterocycles. The molecular weight excluding hydrogens is 452 g/mol. The van der Waals surface area contributed by atoms with Crippen molar-refractivity contribution in [1.29, 1.82) is 0 Å². The fourth-order valence-corrected chi connectivity index (χ4v) is 5.47. The van der Waals surface area contributed by atoms with E-state index in [4.69, 9.17) is 30.5 Å². The average molecular weight is 481 g/mol. The zero-order valence-corrected chi connectivity index (χ0v) is 20.5. The summed E-state index contributed by atoms with van der Waals surface area (Å²) in [7, 11) is 1.63. The Hall–Kier alpha value is -2.09. The third-order valence-corrected chi connectivity index (χ3v) is 7.17. The van der Waals surface area contributed by atoms with Crippen LogP contribution in [0.2, 0.25) is 4.34 Å². The lowest BCUT2D eigenvalue weighted by Gasteiger charge is -2.44. The molecule has 0 spiro atoms. The fraction of sp³-hybridized carbons (Fsp3) is 0.500. The van der Waals surface area contributed by atoms with E-state index < -0.39 is 30.3 Å². The van der Waals surface area contributed by atoms with Gasteiger partial charge < -0.3 is 18.9 Å². The Morgan fingerprint density at radius 1 is 1.09 bits per heavy atom. The van der Waals surface area contributed by atoms with E-state index >= 15 is 0 Å². The van der Waals surface area contributed by atoms with E-state index in [1.54, 1.807) is 7.11 Å². The van der Waals surface area contributed by atoms with Gasteiger partial charge >= 0.3 is 11.9 Å². The number of ether oxygens (including phenoxy) is 4. The molecule has 1 aliphatic heterocycles. The summed E-state index contributed by atoms with van der Waals surface area (Å²) in [5.41, 5.74) is 2.05. The first-order valence-electron chi connectivity index (χ1n) is 10.6. The number of carbonyl (C=O) groups excluding carboxylic acids is 2. The summed E-state index contributed by atoms with van der Waals surface area (Å²) in [5, 5.41) is 0. The molecule has 3 rings (SSSR count). The minimum atomic E-state index is -0.752. The number of benzene rings is 1. The fourth-order valence-electron chi connectivity index (χ4n) is 4.11. The van der Waals surface area contributed by atoms with Gasteiger partial charge in [-0.2, -0.15) is 0 Å². The number of thiophene rings is 1.